The summed E-state index contributed by atoms with van der Waals surface area (Å²) in [6, 6.07) is 6.47. The molecule has 4 nitrogen and oxygen atoms in total. The highest BCUT2D eigenvalue weighted by molar-refractivity contribution is 9.10. The summed E-state index contributed by atoms with van der Waals surface area (Å²) < 4.78 is 12.7. The highest BCUT2D eigenvalue weighted by atomic mass is 79.9. The van der Waals surface area contributed by atoms with Gasteiger partial charge in [-0.2, -0.15) is 0 Å². The van der Waals surface area contributed by atoms with E-state index in [9.17, 15) is 0 Å². The second-order valence-electron chi connectivity index (χ2n) is 5.32. The first-order valence-corrected chi connectivity index (χ1v) is 7.87. The van der Waals surface area contributed by atoms with Crippen molar-refractivity contribution < 1.29 is 9.47 Å². The smallest absolute Gasteiger partial charge is 0.138 e. The van der Waals surface area contributed by atoms with Gasteiger partial charge in [0.15, 0.2) is 0 Å². The van der Waals surface area contributed by atoms with Crippen LogP contribution in [0.2, 0.25) is 0 Å². The molecule has 1 unspecified atom stereocenters. The van der Waals surface area contributed by atoms with Crippen molar-refractivity contribution in [3.05, 3.63) is 28.2 Å². The summed E-state index contributed by atoms with van der Waals surface area (Å²) >= 11 is 3.52. The van der Waals surface area contributed by atoms with Crippen molar-refractivity contribution in [3.63, 3.8) is 0 Å². The van der Waals surface area contributed by atoms with Crippen LogP contribution in [0.1, 0.15) is 19.4 Å². The predicted molar refractivity (Wildman–Crippen MR) is 84.0 cm³/mol. The van der Waals surface area contributed by atoms with Gasteiger partial charge in [0.2, 0.25) is 0 Å². The lowest BCUT2D eigenvalue weighted by Gasteiger charge is -2.35. The van der Waals surface area contributed by atoms with Crippen molar-refractivity contribution in [1.29, 1.82) is 0 Å². The number of hydrogen-bond acceptors (Lipinski definition) is 4. The van der Waals surface area contributed by atoms with Crippen LogP contribution in [0, 0.1) is 0 Å². The minimum Gasteiger partial charge on any atom is -0.489 e. The average molecular weight is 343 g/mol. The Morgan fingerprint density at radius 3 is 3.00 bits per heavy atom. The second kappa shape index (κ2) is 7.41. The Bertz CT molecular complexity index is 440. The fourth-order valence-electron chi connectivity index (χ4n) is 2.36. The van der Waals surface area contributed by atoms with Gasteiger partial charge in [-0.05, 0) is 35.8 Å². The van der Waals surface area contributed by atoms with Gasteiger partial charge < -0.3 is 15.2 Å². The number of nitrogens with two attached hydrogens (primary N) is 1. The second-order valence-corrected chi connectivity index (χ2v) is 6.18. The molecule has 0 aromatic heterocycles. The molecule has 1 saturated heterocycles. The quantitative estimate of drug-likeness (QED) is 0.892. The van der Waals surface area contributed by atoms with Crippen LogP contribution >= 0.6 is 15.9 Å². The Kier molecular flexibility index (Phi) is 5.84. The molecule has 2 rings (SSSR count). The number of ether oxygens (including phenoxy) is 2. The molecule has 5 heteroatoms. The summed E-state index contributed by atoms with van der Waals surface area (Å²) in [5, 5.41) is 0. The van der Waals surface area contributed by atoms with Crippen molar-refractivity contribution in [3.8, 4) is 5.75 Å². The summed E-state index contributed by atoms with van der Waals surface area (Å²) in [5.74, 6) is 0.834. The normalized spacial score (nSPS) is 20.4. The topological polar surface area (TPSA) is 47.7 Å². The van der Waals surface area contributed by atoms with E-state index in [0.29, 0.717) is 19.2 Å². The average Bonchev–Trinajstić information content (AvgIpc) is 2.46. The van der Waals surface area contributed by atoms with Gasteiger partial charge in [0.05, 0.1) is 11.1 Å². The number of nitrogens with zero attached hydrogens (tertiary/aromatic N) is 1. The minimum absolute atomic E-state index is 0.115. The van der Waals surface area contributed by atoms with Gasteiger partial charge in [-0.25, -0.2) is 0 Å². The molecule has 0 radical (unpaired) electrons. The van der Waals surface area contributed by atoms with Crippen LogP contribution in [0.15, 0.2) is 22.7 Å². The molecule has 0 amide bonds. The molecule has 0 aliphatic carbocycles. The lowest BCUT2D eigenvalue weighted by molar-refractivity contribution is -0.0566. The van der Waals surface area contributed by atoms with Gasteiger partial charge in [-0.1, -0.05) is 12.1 Å². The van der Waals surface area contributed by atoms with E-state index in [4.69, 9.17) is 15.2 Å². The molecule has 0 spiro atoms. The summed E-state index contributed by atoms with van der Waals surface area (Å²) in [6.45, 7) is 8.13. The van der Waals surface area contributed by atoms with E-state index in [-0.39, 0.29) is 6.10 Å². The van der Waals surface area contributed by atoms with E-state index < -0.39 is 0 Å². The molecule has 1 heterocycles. The largest absolute Gasteiger partial charge is 0.489 e. The maximum atomic E-state index is 5.95. The predicted octanol–water partition coefficient (Wildman–Crippen LogP) is 2.40. The van der Waals surface area contributed by atoms with Crippen LogP contribution in [0.25, 0.3) is 0 Å². The van der Waals surface area contributed by atoms with E-state index in [0.717, 1.165) is 35.5 Å². The molecule has 1 fully saturated rings. The maximum Gasteiger partial charge on any atom is 0.138 e. The molecule has 1 atom stereocenters. The number of hydrogen-bond donors (Lipinski definition) is 1. The van der Waals surface area contributed by atoms with Gasteiger partial charge in [0, 0.05) is 31.2 Å². The Hall–Kier alpha value is -0.620. The van der Waals surface area contributed by atoms with Crippen molar-refractivity contribution >= 4 is 15.9 Å². The summed E-state index contributed by atoms with van der Waals surface area (Å²) in [5.41, 5.74) is 6.76. The van der Waals surface area contributed by atoms with Crippen LogP contribution < -0.4 is 10.5 Å². The van der Waals surface area contributed by atoms with E-state index in [2.05, 4.69) is 34.7 Å². The van der Waals surface area contributed by atoms with E-state index in [1.54, 1.807) is 0 Å². The van der Waals surface area contributed by atoms with Crippen molar-refractivity contribution in [2.24, 2.45) is 5.73 Å². The third-order valence-corrected chi connectivity index (χ3v) is 4.21. The molecule has 1 aliphatic rings. The number of morpholine rings is 1. The molecule has 1 aromatic rings. The molecule has 2 N–H and O–H groups in total. The van der Waals surface area contributed by atoms with Crippen molar-refractivity contribution in [2.45, 2.75) is 32.5 Å². The minimum atomic E-state index is 0.115. The van der Waals surface area contributed by atoms with Gasteiger partial charge in [-0.3, -0.25) is 4.90 Å². The van der Waals surface area contributed by atoms with Gasteiger partial charge >= 0.3 is 0 Å². The third-order valence-electron chi connectivity index (χ3n) is 3.58. The van der Waals surface area contributed by atoms with E-state index in [1.807, 2.05) is 18.2 Å². The zero-order valence-electron chi connectivity index (χ0n) is 12.1. The first-order chi connectivity index (χ1) is 9.61. The Morgan fingerprint density at radius 1 is 1.50 bits per heavy atom. The monoisotopic (exact) mass is 342 g/mol. The van der Waals surface area contributed by atoms with Gasteiger partial charge in [-0.15, -0.1) is 0 Å². The number of halogens is 1. The molecule has 1 aliphatic heterocycles. The SMILES string of the molecule is CC(C)N1CCOC(COc2c(Br)cccc2CN)C1. The lowest BCUT2D eigenvalue weighted by atomic mass is 10.2. The Balaban J connectivity index is 1.95. The number of para-hydroxylation sites is 1. The van der Waals surface area contributed by atoms with Gasteiger partial charge in [0.25, 0.3) is 0 Å². The Morgan fingerprint density at radius 2 is 2.30 bits per heavy atom. The zero-order chi connectivity index (χ0) is 14.5. The standard InChI is InChI=1S/C15H23BrN2O2/c1-11(2)18-6-7-19-13(9-18)10-20-15-12(8-17)4-3-5-14(15)16/h3-5,11,13H,6-10,17H2,1-2H3. The van der Waals surface area contributed by atoms with Crippen LogP contribution in [-0.4, -0.2) is 43.3 Å². The molecule has 20 heavy (non-hydrogen) atoms. The summed E-state index contributed by atoms with van der Waals surface area (Å²) in [6.07, 6.45) is 0.115. The fourth-order valence-corrected chi connectivity index (χ4v) is 2.89. The van der Waals surface area contributed by atoms with Gasteiger partial charge in [0.1, 0.15) is 18.5 Å². The number of benzene rings is 1. The lowest BCUT2D eigenvalue weighted by Crippen LogP contribution is -2.47. The van der Waals surface area contributed by atoms with Crippen LogP contribution in [0.3, 0.4) is 0 Å². The van der Waals surface area contributed by atoms with Crippen LogP contribution in [0.5, 0.6) is 5.75 Å². The van der Waals surface area contributed by atoms with E-state index >= 15 is 0 Å². The highest BCUT2D eigenvalue weighted by Crippen LogP contribution is 2.29. The highest BCUT2D eigenvalue weighted by Gasteiger charge is 2.23. The summed E-state index contributed by atoms with van der Waals surface area (Å²) in [7, 11) is 0. The zero-order valence-corrected chi connectivity index (χ0v) is 13.7. The van der Waals surface area contributed by atoms with Crippen molar-refractivity contribution in [2.75, 3.05) is 26.3 Å². The van der Waals surface area contributed by atoms with E-state index in [1.165, 1.54) is 0 Å². The first kappa shape index (κ1) is 15.8. The molecule has 0 saturated carbocycles. The maximum absolute atomic E-state index is 5.95. The van der Waals surface area contributed by atoms with Crippen molar-refractivity contribution in [1.82, 2.24) is 4.90 Å². The first-order valence-electron chi connectivity index (χ1n) is 7.07. The molecular weight excluding hydrogens is 320 g/mol. The molecule has 0 bridgehead atoms. The third kappa shape index (κ3) is 3.95. The molecule has 1 aromatic carbocycles. The Labute approximate surface area is 129 Å². The fraction of sp³-hybridized carbons (Fsp3) is 0.600. The molecular formula is C15H23BrN2O2. The molecule has 112 valence electrons. The summed E-state index contributed by atoms with van der Waals surface area (Å²) in [4.78, 5) is 2.42. The van der Waals surface area contributed by atoms with Crippen LogP contribution in [0.4, 0.5) is 0 Å². The van der Waals surface area contributed by atoms with Crippen LogP contribution in [-0.2, 0) is 11.3 Å². The number of rotatable bonds is 5.